The summed E-state index contributed by atoms with van der Waals surface area (Å²) in [5.41, 5.74) is 3.33. The van der Waals surface area contributed by atoms with Gasteiger partial charge in [0, 0.05) is 30.7 Å². The van der Waals surface area contributed by atoms with E-state index in [1.165, 1.54) is 0 Å². The van der Waals surface area contributed by atoms with Crippen LogP contribution in [0, 0.1) is 0 Å². The van der Waals surface area contributed by atoms with E-state index in [1.54, 1.807) is 4.57 Å². The Bertz CT molecular complexity index is 893. The molecule has 1 saturated heterocycles. The van der Waals surface area contributed by atoms with Gasteiger partial charge in [0.1, 0.15) is 5.60 Å². The first-order chi connectivity index (χ1) is 13.7. The van der Waals surface area contributed by atoms with E-state index in [-0.39, 0.29) is 17.8 Å². The summed E-state index contributed by atoms with van der Waals surface area (Å²) in [4.78, 5) is 17.7. The van der Waals surface area contributed by atoms with Crippen molar-refractivity contribution in [3.05, 3.63) is 29.6 Å². The maximum Gasteiger partial charge on any atom is 0.419 e. The molecule has 4 rings (SSSR count). The Hall–Kier alpha value is -1.92. The van der Waals surface area contributed by atoms with Crippen molar-refractivity contribution >= 4 is 17.1 Å². The van der Waals surface area contributed by atoms with Gasteiger partial charge < -0.3 is 14.2 Å². The first-order valence-corrected chi connectivity index (χ1v) is 10.7. The monoisotopic (exact) mass is 400 g/mol. The predicted molar refractivity (Wildman–Crippen MR) is 111 cm³/mol. The Labute approximate surface area is 172 Å². The lowest BCUT2D eigenvalue weighted by atomic mass is 9.83. The molecule has 29 heavy (non-hydrogen) atoms. The average molecular weight is 401 g/mol. The minimum atomic E-state index is -0.540. The molecule has 6 nitrogen and oxygen atoms in total. The summed E-state index contributed by atoms with van der Waals surface area (Å²) in [6, 6.07) is 4.08. The van der Waals surface area contributed by atoms with Crippen LogP contribution in [0.1, 0.15) is 83.4 Å². The number of nitrogens with zero attached hydrogens (tertiary/aromatic N) is 2. The number of hydrogen-bond donors (Lipinski definition) is 0. The molecule has 6 heteroatoms. The standard InChI is InChI=1S/C23H32N2O4/c1-15(2)17-14-25(21(26)29-22(3,4)5)19-7-6-18(24-20(17)19)16-8-10-23(11-9-16)27-12-13-28-23/h6-7,14-16H,8-13H2,1-5H3. The van der Waals surface area contributed by atoms with Crippen molar-refractivity contribution in [1.82, 2.24) is 9.55 Å². The number of pyridine rings is 1. The molecule has 0 atom stereocenters. The third-order valence-electron chi connectivity index (χ3n) is 5.89. The molecular weight excluding hydrogens is 368 g/mol. The van der Waals surface area contributed by atoms with Gasteiger partial charge in [-0.1, -0.05) is 13.8 Å². The molecule has 2 aromatic heterocycles. The number of hydrogen-bond acceptors (Lipinski definition) is 5. The van der Waals surface area contributed by atoms with Gasteiger partial charge >= 0.3 is 6.09 Å². The van der Waals surface area contributed by atoms with Gasteiger partial charge in [0.15, 0.2) is 5.79 Å². The van der Waals surface area contributed by atoms with Crippen LogP contribution in [0.3, 0.4) is 0 Å². The highest BCUT2D eigenvalue weighted by Gasteiger charge is 2.41. The zero-order valence-electron chi connectivity index (χ0n) is 18.2. The molecule has 0 aromatic carbocycles. The van der Waals surface area contributed by atoms with Crippen LogP contribution in [0.25, 0.3) is 11.0 Å². The fraction of sp³-hybridized carbons (Fsp3) is 0.652. The normalized spacial score (nSPS) is 20.1. The molecule has 2 aliphatic rings. The van der Waals surface area contributed by atoms with Gasteiger partial charge in [0.25, 0.3) is 0 Å². The molecule has 1 spiro atoms. The molecule has 1 saturated carbocycles. The Morgan fingerprint density at radius 1 is 1.21 bits per heavy atom. The van der Waals surface area contributed by atoms with E-state index < -0.39 is 5.60 Å². The largest absolute Gasteiger partial charge is 0.443 e. The van der Waals surface area contributed by atoms with Crippen molar-refractivity contribution in [3.63, 3.8) is 0 Å². The van der Waals surface area contributed by atoms with Crippen molar-refractivity contribution in [2.24, 2.45) is 0 Å². The molecule has 3 heterocycles. The Morgan fingerprint density at radius 3 is 2.45 bits per heavy atom. The molecule has 0 radical (unpaired) electrons. The lowest BCUT2D eigenvalue weighted by Gasteiger charge is -2.35. The summed E-state index contributed by atoms with van der Waals surface area (Å²) in [5.74, 6) is 0.297. The van der Waals surface area contributed by atoms with E-state index >= 15 is 0 Å². The average Bonchev–Trinajstić information content (AvgIpc) is 3.25. The van der Waals surface area contributed by atoms with Gasteiger partial charge in [-0.3, -0.25) is 9.55 Å². The molecule has 1 aliphatic carbocycles. The molecule has 0 bridgehead atoms. The predicted octanol–water partition coefficient (Wildman–Crippen LogP) is 5.34. The van der Waals surface area contributed by atoms with Crippen LogP contribution in [-0.2, 0) is 14.2 Å². The lowest BCUT2D eigenvalue weighted by Crippen LogP contribution is -2.34. The number of carbonyl (C=O) groups excluding carboxylic acids is 1. The van der Waals surface area contributed by atoms with E-state index in [1.807, 2.05) is 33.0 Å². The van der Waals surface area contributed by atoms with E-state index in [9.17, 15) is 4.79 Å². The summed E-state index contributed by atoms with van der Waals surface area (Å²) < 4.78 is 18.9. The van der Waals surface area contributed by atoms with Crippen LogP contribution >= 0.6 is 0 Å². The highest BCUT2D eigenvalue weighted by molar-refractivity contribution is 5.90. The van der Waals surface area contributed by atoms with Gasteiger partial charge in [-0.25, -0.2) is 4.79 Å². The van der Waals surface area contributed by atoms with Crippen molar-refractivity contribution in [3.8, 4) is 0 Å². The van der Waals surface area contributed by atoms with Crippen LogP contribution < -0.4 is 0 Å². The maximum absolute atomic E-state index is 12.7. The summed E-state index contributed by atoms with van der Waals surface area (Å²) in [5, 5.41) is 0. The molecule has 0 N–H and O–H groups in total. The number of aromatic nitrogens is 2. The first-order valence-electron chi connectivity index (χ1n) is 10.7. The number of rotatable bonds is 2. The molecule has 2 fully saturated rings. The highest BCUT2D eigenvalue weighted by Crippen LogP contribution is 2.42. The van der Waals surface area contributed by atoms with Gasteiger partial charge in [-0.15, -0.1) is 0 Å². The van der Waals surface area contributed by atoms with Gasteiger partial charge in [-0.05, 0) is 57.2 Å². The van der Waals surface area contributed by atoms with Crippen molar-refractivity contribution < 1.29 is 19.0 Å². The number of ether oxygens (including phenoxy) is 3. The van der Waals surface area contributed by atoms with Crippen LogP contribution in [0.4, 0.5) is 4.79 Å². The molecule has 158 valence electrons. The SMILES string of the molecule is CC(C)c1cn(C(=O)OC(C)(C)C)c2ccc(C3CCC4(CC3)OCCO4)nc12. The van der Waals surface area contributed by atoms with Gasteiger partial charge in [-0.2, -0.15) is 0 Å². The molecule has 2 aromatic rings. The Morgan fingerprint density at radius 2 is 1.86 bits per heavy atom. The van der Waals surface area contributed by atoms with Crippen molar-refractivity contribution in [2.75, 3.05) is 13.2 Å². The molecule has 1 aliphatic heterocycles. The number of fused-ring (bicyclic) bond motifs is 1. The topological polar surface area (TPSA) is 62.6 Å². The fourth-order valence-electron chi connectivity index (χ4n) is 4.39. The molecular formula is C23H32N2O4. The minimum Gasteiger partial charge on any atom is -0.443 e. The third-order valence-corrected chi connectivity index (χ3v) is 5.89. The second kappa shape index (κ2) is 7.40. The van der Waals surface area contributed by atoms with Crippen molar-refractivity contribution in [1.29, 1.82) is 0 Å². The Kier molecular flexibility index (Phi) is 5.20. The van der Waals surface area contributed by atoms with Gasteiger partial charge in [0.2, 0.25) is 0 Å². The summed E-state index contributed by atoms with van der Waals surface area (Å²) >= 11 is 0. The van der Waals surface area contributed by atoms with Gasteiger partial charge in [0.05, 0.1) is 24.2 Å². The lowest BCUT2D eigenvalue weighted by molar-refractivity contribution is -0.178. The van der Waals surface area contributed by atoms with Crippen LogP contribution in [0.2, 0.25) is 0 Å². The second-order valence-corrected chi connectivity index (χ2v) is 9.58. The summed E-state index contributed by atoms with van der Waals surface area (Å²) in [7, 11) is 0. The minimum absolute atomic E-state index is 0.263. The van der Waals surface area contributed by atoms with Crippen molar-refractivity contribution in [2.45, 2.75) is 83.5 Å². The summed E-state index contributed by atoms with van der Waals surface area (Å²) in [6.45, 7) is 11.3. The first kappa shape index (κ1) is 20.4. The second-order valence-electron chi connectivity index (χ2n) is 9.58. The molecule has 0 unspecified atom stereocenters. The van der Waals surface area contributed by atoms with E-state index in [2.05, 4.69) is 19.9 Å². The quantitative estimate of drug-likeness (QED) is 0.680. The zero-order chi connectivity index (χ0) is 20.8. The van der Waals surface area contributed by atoms with E-state index in [4.69, 9.17) is 19.2 Å². The highest BCUT2D eigenvalue weighted by atomic mass is 16.7. The van der Waals surface area contributed by atoms with Crippen LogP contribution in [-0.4, -0.2) is 40.2 Å². The van der Waals surface area contributed by atoms with E-state index in [0.29, 0.717) is 19.1 Å². The van der Waals surface area contributed by atoms with E-state index in [0.717, 1.165) is 48.0 Å². The Balaban J connectivity index is 1.63. The fourth-order valence-corrected chi connectivity index (χ4v) is 4.39. The zero-order valence-corrected chi connectivity index (χ0v) is 18.2. The van der Waals surface area contributed by atoms with Crippen LogP contribution in [0.5, 0.6) is 0 Å². The summed E-state index contributed by atoms with van der Waals surface area (Å²) in [6.07, 6.45) is 5.35. The number of carbonyl (C=O) groups is 1. The third kappa shape index (κ3) is 4.05. The smallest absolute Gasteiger partial charge is 0.419 e. The maximum atomic E-state index is 12.7. The van der Waals surface area contributed by atoms with Crippen LogP contribution in [0.15, 0.2) is 18.3 Å². The molecule has 0 amide bonds.